The fraction of sp³-hybridized carbons (Fsp3) is 0.364. The molecule has 13 heavy (non-hydrogen) atoms. The van der Waals surface area contributed by atoms with Gasteiger partial charge in [0.05, 0.1) is 12.2 Å². The molecule has 1 aliphatic heterocycles. The van der Waals surface area contributed by atoms with Crippen LogP contribution in [-0.2, 0) is 0 Å². The van der Waals surface area contributed by atoms with Gasteiger partial charge in [0.2, 0.25) is 0 Å². The van der Waals surface area contributed by atoms with Gasteiger partial charge in [-0.1, -0.05) is 12.1 Å². The Balaban J connectivity index is 2.55. The van der Waals surface area contributed by atoms with E-state index in [1.54, 1.807) is 0 Å². The molecule has 1 aromatic rings. The average Bonchev–Trinajstić information content (AvgIpc) is 2.29. The standard InChI is InChI=1S/C11H12O2/c1-8-4-2-6-10-11(8)9(12)5-3-7-13-10/h2,4,6H,3,5,7H2,1H3. The van der Waals surface area contributed by atoms with Gasteiger partial charge in [-0.05, 0) is 25.0 Å². The van der Waals surface area contributed by atoms with Crippen LogP contribution in [0, 0.1) is 6.92 Å². The summed E-state index contributed by atoms with van der Waals surface area (Å²) in [6.45, 7) is 2.60. The van der Waals surface area contributed by atoms with E-state index >= 15 is 0 Å². The van der Waals surface area contributed by atoms with E-state index in [1.807, 2.05) is 25.1 Å². The molecule has 0 radical (unpaired) electrons. The van der Waals surface area contributed by atoms with Crippen LogP contribution in [0.2, 0.25) is 0 Å². The molecule has 0 fully saturated rings. The molecule has 2 heteroatoms. The summed E-state index contributed by atoms with van der Waals surface area (Å²) < 4.78 is 5.48. The lowest BCUT2D eigenvalue weighted by Crippen LogP contribution is -2.00. The van der Waals surface area contributed by atoms with E-state index in [4.69, 9.17) is 4.74 Å². The topological polar surface area (TPSA) is 26.3 Å². The van der Waals surface area contributed by atoms with Crippen LogP contribution in [-0.4, -0.2) is 12.4 Å². The minimum absolute atomic E-state index is 0.214. The molecule has 2 nitrogen and oxygen atoms in total. The van der Waals surface area contributed by atoms with Crippen molar-refractivity contribution in [2.24, 2.45) is 0 Å². The Hall–Kier alpha value is -1.31. The molecule has 1 heterocycles. The molecule has 0 amide bonds. The number of carbonyl (C=O) groups excluding carboxylic acids is 1. The monoisotopic (exact) mass is 176 g/mol. The molecule has 0 atom stereocenters. The first-order valence-electron chi connectivity index (χ1n) is 4.54. The molecular formula is C11H12O2. The molecule has 0 saturated carbocycles. The summed E-state index contributed by atoms with van der Waals surface area (Å²) in [7, 11) is 0. The van der Waals surface area contributed by atoms with Crippen LogP contribution in [0.4, 0.5) is 0 Å². The second kappa shape index (κ2) is 3.21. The lowest BCUT2D eigenvalue weighted by atomic mass is 10.0. The normalized spacial score (nSPS) is 15.9. The first-order chi connectivity index (χ1) is 6.29. The number of rotatable bonds is 0. The number of Topliss-reactive ketones (excluding diaryl/α,β-unsaturated/α-hetero) is 1. The number of ether oxygens (including phenoxy) is 1. The third-order valence-electron chi connectivity index (χ3n) is 2.32. The van der Waals surface area contributed by atoms with Gasteiger partial charge in [-0.15, -0.1) is 0 Å². The molecule has 0 N–H and O–H groups in total. The van der Waals surface area contributed by atoms with Crippen molar-refractivity contribution in [3.8, 4) is 5.75 Å². The predicted octanol–water partition coefficient (Wildman–Crippen LogP) is 2.35. The van der Waals surface area contributed by atoms with Crippen LogP contribution >= 0.6 is 0 Å². The van der Waals surface area contributed by atoms with Crippen molar-refractivity contribution in [3.05, 3.63) is 29.3 Å². The van der Waals surface area contributed by atoms with E-state index in [0.29, 0.717) is 13.0 Å². The number of carbonyl (C=O) groups is 1. The van der Waals surface area contributed by atoms with Gasteiger partial charge in [0, 0.05) is 6.42 Å². The van der Waals surface area contributed by atoms with Crippen LogP contribution in [0.3, 0.4) is 0 Å². The van der Waals surface area contributed by atoms with Crippen molar-refractivity contribution in [2.75, 3.05) is 6.61 Å². The summed E-state index contributed by atoms with van der Waals surface area (Å²) in [5.74, 6) is 0.966. The molecule has 0 unspecified atom stereocenters. The second-order valence-electron chi connectivity index (χ2n) is 3.32. The number of hydrogen-bond acceptors (Lipinski definition) is 2. The quantitative estimate of drug-likeness (QED) is 0.606. The zero-order valence-electron chi connectivity index (χ0n) is 7.67. The molecule has 0 aromatic heterocycles. The van der Waals surface area contributed by atoms with Crippen molar-refractivity contribution in [2.45, 2.75) is 19.8 Å². The van der Waals surface area contributed by atoms with Crippen molar-refractivity contribution < 1.29 is 9.53 Å². The summed E-state index contributed by atoms with van der Waals surface area (Å²) in [4.78, 5) is 11.6. The maximum Gasteiger partial charge on any atom is 0.166 e. The van der Waals surface area contributed by atoms with Crippen molar-refractivity contribution in [1.82, 2.24) is 0 Å². The molecule has 0 aliphatic carbocycles. The fourth-order valence-corrected chi connectivity index (χ4v) is 1.66. The molecule has 1 aliphatic rings. The van der Waals surface area contributed by atoms with Crippen LogP contribution in [0.5, 0.6) is 5.75 Å². The zero-order chi connectivity index (χ0) is 9.26. The maximum atomic E-state index is 11.6. The fourth-order valence-electron chi connectivity index (χ4n) is 1.66. The number of hydrogen-bond donors (Lipinski definition) is 0. The van der Waals surface area contributed by atoms with Gasteiger partial charge in [0.15, 0.2) is 5.78 Å². The first-order valence-corrected chi connectivity index (χ1v) is 4.54. The Morgan fingerprint density at radius 2 is 2.23 bits per heavy atom. The SMILES string of the molecule is Cc1cccc2c1C(=O)CCCO2. The van der Waals surface area contributed by atoms with Crippen molar-refractivity contribution in [1.29, 1.82) is 0 Å². The largest absolute Gasteiger partial charge is 0.493 e. The Morgan fingerprint density at radius 1 is 1.38 bits per heavy atom. The summed E-state index contributed by atoms with van der Waals surface area (Å²) in [5.41, 5.74) is 1.80. The number of fused-ring (bicyclic) bond motifs is 1. The van der Waals surface area contributed by atoms with Gasteiger partial charge >= 0.3 is 0 Å². The summed E-state index contributed by atoms with van der Waals surface area (Å²) in [6.07, 6.45) is 1.44. The van der Waals surface area contributed by atoms with Crippen LogP contribution < -0.4 is 4.74 Å². The van der Waals surface area contributed by atoms with Crippen molar-refractivity contribution in [3.63, 3.8) is 0 Å². The molecule has 1 aromatic carbocycles. The van der Waals surface area contributed by atoms with Crippen LogP contribution in [0.1, 0.15) is 28.8 Å². The first kappa shape index (κ1) is 8.30. The number of ketones is 1. The van der Waals surface area contributed by atoms with E-state index in [2.05, 4.69) is 0 Å². The van der Waals surface area contributed by atoms with Gasteiger partial charge in [-0.25, -0.2) is 0 Å². The number of benzene rings is 1. The van der Waals surface area contributed by atoms with Gasteiger partial charge in [0.25, 0.3) is 0 Å². The highest BCUT2D eigenvalue weighted by Crippen LogP contribution is 2.26. The third-order valence-corrected chi connectivity index (χ3v) is 2.32. The maximum absolute atomic E-state index is 11.6. The van der Waals surface area contributed by atoms with Gasteiger partial charge in [-0.3, -0.25) is 4.79 Å². The summed E-state index contributed by atoms with van der Waals surface area (Å²) in [5, 5.41) is 0. The van der Waals surface area contributed by atoms with E-state index in [-0.39, 0.29) is 5.78 Å². The third kappa shape index (κ3) is 1.44. The number of aryl methyl sites for hydroxylation is 1. The van der Waals surface area contributed by atoms with Crippen LogP contribution in [0.25, 0.3) is 0 Å². The Bertz CT molecular complexity index is 342. The lowest BCUT2D eigenvalue weighted by Gasteiger charge is -2.07. The van der Waals surface area contributed by atoms with E-state index in [0.717, 1.165) is 23.3 Å². The Morgan fingerprint density at radius 3 is 3.08 bits per heavy atom. The van der Waals surface area contributed by atoms with Gasteiger partial charge in [0.1, 0.15) is 5.75 Å². The predicted molar refractivity (Wildman–Crippen MR) is 50.2 cm³/mol. The Labute approximate surface area is 77.5 Å². The van der Waals surface area contributed by atoms with E-state index < -0.39 is 0 Å². The average molecular weight is 176 g/mol. The lowest BCUT2D eigenvalue weighted by molar-refractivity contribution is 0.0982. The van der Waals surface area contributed by atoms with Crippen LogP contribution in [0.15, 0.2) is 18.2 Å². The highest BCUT2D eigenvalue weighted by Gasteiger charge is 2.17. The zero-order valence-corrected chi connectivity index (χ0v) is 7.67. The summed E-state index contributed by atoms with van der Waals surface area (Å²) in [6, 6.07) is 5.74. The van der Waals surface area contributed by atoms with Gasteiger partial charge in [-0.2, -0.15) is 0 Å². The minimum Gasteiger partial charge on any atom is -0.493 e. The Kier molecular flexibility index (Phi) is 2.05. The highest BCUT2D eigenvalue weighted by atomic mass is 16.5. The molecule has 0 saturated heterocycles. The molecule has 2 rings (SSSR count). The molecular weight excluding hydrogens is 164 g/mol. The summed E-state index contributed by atoms with van der Waals surface area (Å²) >= 11 is 0. The van der Waals surface area contributed by atoms with E-state index in [9.17, 15) is 4.79 Å². The molecule has 68 valence electrons. The smallest absolute Gasteiger partial charge is 0.166 e. The molecule has 0 spiro atoms. The minimum atomic E-state index is 0.214. The van der Waals surface area contributed by atoms with Gasteiger partial charge < -0.3 is 4.74 Å². The van der Waals surface area contributed by atoms with E-state index in [1.165, 1.54) is 0 Å². The molecule has 0 bridgehead atoms. The highest BCUT2D eigenvalue weighted by molar-refractivity contribution is 6.00. The second-order valence-corrected chi connectivity index (χ2v) is 3.32. The van der Waals surface area contributed by atoms with Crippen molar-refractivity contribution >= 4 is 5.78 Å².